The van der Waals surface area contributed by atoms with Gasteiger partial charge in [-0.2, -0.15) is 0 Å². The lowest BCUT2D eigenvalue weighted by atomic mass is 10.3. The quantitative estimate of drug-likeness (QED) is 0.773. The highest BCUT2D eigenvalue weighted by Crippen LogP contribution is 2.36. The molecule has 1 aliphatic rings. The normalized spacial score (nSPS) is 24.4. The van der Waals surface area contributed by atoms with E-state index in [9.17, 15) is 4.79 Å². The van der Waals surface area contributed by atoms with Crippen molar-refractivity contribution < 1.29 is 9.53 Å². The van der Waals surface area contributed by atoms with Gasteiger partial charge in [0.15, 0.2) is 0 Å². The monoisotopic (exact) mass is 254 g/mol. The first-order chi connectivity index (χ1) is 6.79. The second-order valence-electron chi connectivity index (χ2n) is 3.56. The van der Waals surface area contributed by atoms with Gasteiger partial charge in [-0.05, 0) is 30.7 Å². The Bertz CT molecular complexity index is 321. The Hall–Kier alpha value is -0.830. The number of rotatable bonds is 4. The van der Waals surface area contributed by atoms with E-state index in [1.165, 1.54) is 0 Å². The van der Waals surface area contributed by atoms with Gasteiger partial charge in [0.25, 0.3) is 0 Å². The molecule has 0 saturated heterocycles. The topological polar surface area (TPSA) is 26.3 Å². The molecule has 3 heteroatoms. The Morgan fingerprint density at radius 1 is 1.43 bits per heavy atom. The maximum atomic E-state index is 10.4. The maximum absolute atomic E-state index is 10.4. The molecule has 14 heavy (non-hydrogen) atoms. The molecule has 0 spiro atoms. The fraction of sp³-hybridized carbons (Fsp3) is 0.364. The minimum absolute atomic E-state index is 0.241. The first-order valence-electron chi connectivity index (χ1n) is 4.63. The molecule has 1 fully saturated rings. The number of carbonyl (C=O) groups excluding carboxylic acids is 1. The van der Waals surface area contributed by atoms with E-state index in [1.54, 1.807) is 0 Å². The Labute approximate surface area is 91.4 Å². The van der Waals surface area contributed by atoms with E-state index in [4.69, 9.17) is 4.74 Å². The van der Waals surface area contributed by atoms with E-state index in [0.717, 1.165) is 22.9 Å². The van der Waals surface area contributed by atoms with Crippen LogP contribution in [0.1, 0.15) is 6.42 Å². The van der Waals surface area contributed by atoms with Crippen molar-refractivity contribution in [2.24, 2.45) is 11.8 Å². The SMILES string of the molecule is O=CC1CC1COc1ccc(Br)cc1. The lowest BCUT2D eigenvalue weighted by Gasteiger charge is -2.04. The Morgan fingerprint density at radius 3 is 2.71 bits per heavy atom. The van der Waals surface area contributed by atoms with E-state index in [1.807, 2.05) is 24.3 Å². The zero-order chi connectivity index (χ0) is 9.97. The summed E-state index contributed by atoms with van der Waals surface area (Å²) in [5, 5.41) is 0. The minimum atomic E-state index is 0.241. The molecule has 2 rings (SSSR count). The molecule has 0 aliphatic heterocycles. The van der Waals surface area contributed by atoms with Crippen molar-refractivity contribution >= 4 is 22.2 Å². The van der Waals surface area contributed by atoms with Crippen LogP contribution in [0.25, 0.3) is 0 Å². The summed E-state index contributed by atoms with van der Waals surface area (Å²) in [7, 11) is 0. The van der Waals surface area contributed by atoms with Crippen molar-refractivity contribution in [1.82, 2.24) is 0 Å². The Kier molecular flexibility index (Phi) is 2.87. The molecule has 0 radical (unpaired) electrons. The van der Waals surface area contributed by atoms with E-state index >= 15 is 0 Å². The van der Waals surface area contributed by atoms with Gasteiger partial charge in [-0.3, -0.25) is 0 Å². The summed E-state index contributed by atoms with van der Waals surface area (Å²) >= 11 is 3.36. The highest BCUT2D eigenvalue weighted by atomic mass is 79.9. The van der Waals surface area contributed by atoms with Gasteiger partial charge in [0, 0.05) is 16.3 Å². The average molecular weight is 255 g/mol. The van der Waals surface area contributed by atoms with Crippen LogP contribution in [0.5, 0.6) is 5.75 Å². The van der Waals surface area contributed by atoms with Gasteiger partial charge in [-0.15, -0.1) is 0 Å². The average Bonchev–Trinajstić information content (AvgIpc) is 2.96. The summed E-state index contributed by atoms with van der Waals surface area (Å²) in [6, 6.07) is 7.73. The van der Waals surface area contributed by atoms with E-state index in [-0.39, 0.29) is 5.92 Å². The van der Waals surface area contributed by atoms with Crippen molar-refractivity contribution in [2.75, 3.05) is 6.61 Å². The van der Waals surface area contributed by atoms with E-state index in [2.05, 4.69) is 15.9 Å². The highest BCUT2D eigenvalue weighted by Gasteiger charge is 2.37. The van der Waals surface area contributed by atoms with Crippen molar-refractivity contribution in [3.8, 4) is 5.75 Å². The highest BCUT2D eigenvalue weighted by molar-refractivity contribution is 9.10. The Balaban J connectivity index is 1.81. The number of hydrogen-bond donors (Lipinski definition) is 0. The lowest BCUT2D eigenvalue weighted by Crippen LogP contribution is -2.01. The third-order valence-electron chi connectivity index (χ3n) is 2.43. The van der Waals surface area contributed by atoms with Gasteiger partial charge >= 0.3 is 0 Å². The summed E-state index contributed by atoms with van der Waals surface area (Å²) in [5.41, 5.74) is 0. The largest absolute Gasteiger partial charge is 0.493 e. The minimum Gasteiger partial charge on any atom is -0.493 e. The van der Waals surface area contributed by atoms with Gasteiger partial charge in [0.05, 0.1) is 6.61 Å². The van der Waals surface area contributed by atoms with Gasteiger partial charge < -0.3 is 9.53 Å². The molecular formula is C11H11BrO2. The zero-order valence-corrected chi connectivity index (χ0v) is 9.24. The molecule has 0 heterocycles. The van der Waals surface area contributed by atoms with Crippen LogP contribution < -0.4 is 4.74 Å². The Morgan fingerprint density at radius 2 is 2.14 bits per heavy atom. The van der Waals surface area contributed by atoms with Crippen molar-refractivity contribution in [3.63, 3.8) is 0 Å². The molecule has 0 aromatic heterocycles. The summed E-state index contributed by atoms with van der Waals surface area (Å²) in [4.78, 5) is 10.4. The molecule has 1 saturated carbocycles. The van der Waals surface area contributed by atoms with Crippen LogP contribution in [-0.4, -0.2) is 12.9 Å². The molecule has 2 nitrogen and oxygen atoms in total. The van der Waals surface area contributed by atoms with Crippen LogP contribution in [0.2, 0.25) is 0 Å². The lowest BCUT2D eigenvalue weighted by molar-refractivity contribution is -0.109. The summed E-state index contributed by atoms with van der Waals surface area (Å²) in [6.45, 7) is 0.658. The molecule has 74 valence electrons. The molecule has 0 bridgehead atoms. The van der Waals surface area contributed by atoms with Crippen LogP contribution in [0.15, 0.2) is 28.7 Å². The first kappa shape index (κ1) is 9.71. The number of ether oxygens (including phenoxy) is 1. The predicted octanol–water partition coefficient (Wildman–Crippen LogP) is 2.66. The molecule has 1 aromatic rings. The number of halogens is 1. The van der Waals surface area contributed by atoms with E-state index in [0.29, 0.717) is 12.5 Å². The van der Waals surface area contributed by atoms with Gasteiger partial charge in [-0.25, -0.2) is 0 Å². The second kappa shape index (κ2) is 4.13. The smallest absolute Gasteiger partial charge is 0.123 e. The second-order valence-corrected chi connectivity index (χ2v) is 4.48. The van der Waals surface area contributed by atoms with Crippen molar-refractivity contribution in [2.45, 2.75) is 6.42 Å². The zero-order valence-electron chi connectivity index (χ0n) is 7.65. The summed E-state index contributed by atoms with van der Waals surface area (Å²) in [6.07, 6.45) is 2.01. The van der Waals surface area contributed by atoms with Crippen LogP contribution >= 0.6 is 15.9 Å². The van der Waals surface area contributed by atoms with Crippen LogP contribution in [0.3, 0.4) is 0 Å². The van der Waals surface area contributed by atoms with Crippen molar-refractivity contribution in [1.29, 1.82) is 0 Å². The summed E-state index contributed by atoms with van der Waals surface area (Å²) in [5.74, 6) is 1.55. The molecular weight excluding hydrogens is 244 g/mol. The molecule has 1 aromatic carbocycles. The molecule has 0 amide bonds. The van der Waals surface area contributed by atoms with Gasteiger partial charge in [-0.1, -0.05) is 15.9 Å². The predicted molar refractivity (Wildman–Crippen MR) is 57.3 cm³/mol. The fourth-order valence-corrected chi connectivity index (χ4v) is 1.63. The van der Waals surface area contributed by atoms with Crippen LogP contribution in [-0.2, 0) is 4.79 Å². The first-order valence-corrected chi connectivity index (χ1v) is 5.42. The molecule has 2 unspecified atom stereocenters. The van der Waals surface area contributed by atoms with Crippen LogP contribution in [0, 0.1) is 11.8 Å². The number of aldehydes is 1. The number of hydrogen-bond acceptors (Lipinski definition) is 2. The number of benzene rings is 1. The van der Waals surface area contributed by atoms with E-state index < -0.39 is 0 Å². The van der Waals surface area contributed by atoms with Crippen molar-refractivity contribution in [3.05, 3.63) is 28.7 Å². The third-order valence-corrected chi connectivity index (χ3v) is 2.96. The fourth-order valence-electron chi connectivity index (χ4n) is 1.36. The van der Waals surface area contributed by atoms with Gasteiger partial charge in [0.1, 0.15) is 12.0 Å². The van der Waals surface area contributed by atoms with Gasteiger partial charge in [0.2, 0.25) is 0 Å². The standard InChI is InChI=1S/C11H11BrO2/c12-10-1-3-11(4-2-10)14-7-9-5-8(9)6-13/h1-4,6,8-9H,5,7H2. The maximum Gasteiger partial charge on any atom is 0.123 e. The molecule has 2 atom stereocenters. The van der Waals surface area contributed by atoms with Crippen LogP contribution in [0.4, 0.5) is 0 Å². The number of carbonyl (C=O) groups is 1. The molecule has 1 aliphatic carbocycles. The molecule has 0 N–H and O–H groups in total. The third kappa shape index (κ3) is 2.35. The summed E-state index contributed by atoms with van der Waals surface area (Å²) < 4.78 is 6.58.